The van der Waals surface area contributed by atoms with Crippen molar-refractivity contribution in [1.29, 1.82) is 0 Å². The summed E-state index contributed by atoms with van der Waals surface area (Å²) in [4.78, 5) is 19.6. The highest BCUT2D eigenvalue weighted by Crippen LogP contribution is 2.37. The smallest absolute Gasteiger partial charge is 0.164 e. The van der Waals surface area contributed by atoms with Crippen LogP contribution in [-0.2, 0) is 0 Å². The number of pyridine rings is 1. The molecule has 0 aliphatic carbocycles. The molecule has 0 saturated heterocycles. The Hall–Kier alpha value is -5.94. The zero-order chi connectivity index (χ0) is 28.3. The summed E-state index contributed by atoms with van der Waals surface area (Å²) in [5.41, 5.74) is 4.98. The fourth-order valence-electron chi connectivity index (χ4n) is 6.14. The van der Waals surface area contributed by atoms with Crippen LogP contribution in [0.2, 0.25) is 0 Å². The van der Waals surface area contributed by atoms with Gasteiger partial charge in [-0.05, 0) is 56.6 Å². The summed E-state index contributed by atoms with van der Waals surface area (Å²) in [7, 11) is 0. The number of nitrogens with zero attached hydrogens (tertiary/aromatic N) is 4. The van der Waals surface area contributed by atoms with Gasteiger partial charge in [-0.25, -0.2) is 15.0 Å². The molecule has 6 aromatic carbocycles. The van der Waals surface area contributed by atoms with Gasteiger partial charge in [0.2, 0.25) is 0 Å². The second-order valence-corrected chi connectivity index (χ2v) is 10.7. The van der Waals surface area contributed by atoms with Gasteiger partial charge in [0.1, 0.15) is 11.1 Å². The van der Waals surface area contributed by atoms with Crippen molar-refractivity contribution in [2.24, 2.45) is 0 Å². The molecule has 0 saturated carbocycles. The van der Waals surface area contributed by atoms with Crippen LogP contribution in [0.15, 0.2) is 138 Å². The van der Waals surface area contributed by atoms with Crippen LogP contribution in [0.1, 0.15) is 0 Å². The highest BCUT2D eigenvalue weighted by atomic mass is 16.3. The second kappa shape index (κ2) is 9.29. The summed E-state index contributed by atoms with van der Waals surface area (Å²) in [5, 5.41) is 8.22. The highest BCUT2D eigenvalue weighted by molar-refractivity contribution is 6.17. The zero-order valence-electron chi connectivity index (χ0n) is 22.9. The predicted octanol–water partition coefficient (Wildman–Crippen LogP) is 9.63. The Morgan fingerprint density at radius 2 is 1.14 bits per heavy atom. The molecule has 3 heterocycles. The Kier molecular flexibility index (Phi) is 5.13. The van der Waals surface area contributed by atoms with Crippen molar-refractivity contribution < 1.29 is 4.42 Å². The van der Waals surface area contributed by atoms with E-state index in [0.717, 1.165) is 44.1 Å². The summed E-state index contributed by atoms with van der Waals surface area (Å²) in [6.07, 6.45) is 1.78. The molecule has 43 heavy (non-hydrogen) atoms. The Morgan fingerprint density at radius 1 is 0.442 bits per heavy atom. The van der Waals surface area contributed by atoms with Gasteiger partial charge in [0.05, 0.1) is 5.39 Å². The summed E-state index contributed by atoms with van der Waals surface area (Å²) >= 11 is 0. The third kappa shape index (κ3) is 3.79. The Morgan fingerprint density at radius 3 is 2.02 bits per heavy atom. The van der Waals surface area contributed by atoms with Gasteiger partial charge in [-0.3, -0.25) is 4.98 Å². The average Bonchev–Trinajstić information content (AvgIpc) is 3.47. The number of benzene rings is 6. The van der Waals surface area contributed by atoms with Crippen LogP contribution in [0.5, 0.6) is 0 Å². The van der Waals surface area contributed by atoms with Crippen LogP contribution >= 0.6 is 0 Å². The molecular formula is C38H22N4O. The minimum absolute atomic E-state index is 0.577. The van der Waals surface area contributed by atoms with Crippen molar-refractivity contribution in [3.63, 3.8) is 0 Å². The first kappa shape index (κ1) is 23.7. The van der Waals surface area contributed by atoms with Crippen molar-refractivity contribution in [2.75, 3.05) is 0 Å². The second-order valence-electron chi connectivity index (χ2n) is 10.7. The largest absolute Gasteiger partial charge is 0.454 e. The lowest BCUT2D eigenvalue weighted by Gasteiger charge is -2.11. The maximum Gasteiger partial charge on any atom is 0.164 e. The van der Waals surface area contributed by atoms with Gasteiger partial charge in [-0.2, -0.15) is 0 Å². The van der Waals surface area contributed by atoms with Gasteiger partial charge in [-0.15, -0.1) is 0 Å². The third-order valence-corrected chi connectivity index (χ3v) is 8.16. The van der Waals surface area contributed by atoms with Crippen molar-refractivity contribution in [3.05, 3.63) is 134 Å². The molecule has 0 amide bonds. The van der Waals surface area contributed by atoms with E-state index < -0.39 is 0 Å². The fourth-order valence-corrected chi connectivity index (χ4v) is 6.14. The summed E-state index contributed by atoms with van der Waals surface area (Å²) in [6, 6.07) is 43.6. The normalized spacial score (nSPS) is 11.7. The predicted molar refractivity (Wildman–Crippen MR) is 174 cm³/mol. The molecule has 200 valence electrons. The molecule has 9 aromatic rings. The maximum atomic E-state index is 6.12. The molecule has 0 atom stereocenters. The van der Waals surface area contributed by atoms with Crippen molar-refractivity contribution in [1.82, 2.24) is 19.9 Å². The SMILES string of the molecule is c1ccc(-c2nc(-c3ccc4c(ccc5c6ccccc6ccc45)c3)nc(-c3cccc4oc5cccnc5c34)n2)cc1. The number of hydrogen-bond acceptors (Lipinski definition) is 5. The lowest BCUT2D eigenvalue weighted by Crippen LogP contribution is -2.00. The van der Waals surface area contributed by atoms with Crippen molar-refractivity contribution in [3.8, 4) is 34.2 Å². The highest BCUT2D eigenvalue weighted by Gasteiger charge is 2.18. The lowest BCUT2D eigenvalue weighted by atomic mass is 9.96. The molecule has 0 bridgehead atoms. The topological polar surface area (TPSA) is 64.7 Å². The zero-order valence-corrected chi connectivity index (χ0v) is 22.9. The van der Waals surface area contributed by atoms with Crippen LogP contribution < -0.4 is 0 Å². The van der Waals surface area contributed by atoms with E-state index in [2.05, 4.69) is 71.7 Å². The molecule has 5 heteroatoms. The van der Waals surface area contributed by atoms with Gasteiger partial charge in [-0.1, -0.05) is 103 Å². The van der Waals surface area contributed by atoms with Crippen molar-refractivity contribution >= 4 is 54.4 Å². The summed E-state index contributed by atoms with van der Waals surface area (Å²) in [5.74, 6) is 1.80. The number of fused-ring (bicyclic) bond motifs is 8. The van der Waals surface area contributed by atoms with Crippen LogP contribution in [0.25, 0.3) is 88.5 Å². The van der Waals surface area contributed by atoms with Gasteiger partial charge in [0, 0.05) is 22.9 Å². The number of hydrogen-bond donors (Lipinski definition) is 0. The molecule has 0 fully saturated rings. The molecule has 0 aliphatic heterocycles. The number of aromatic nitrogens is 4. The fraction of sp³-hybridized carbons (Fsp3) is 0. The van der Waals surface area contributed by atoms with Crippen LogP contribution in [0, 0.1) is 0 Å². The molecule has 0 N–H and O–H groups in total. The molecule has 5 nitrogen and oxygen atoms in total. The van der Waals surface area contributed by atoms with Crippen molar-refractivity contribution in [2.45, 2.75) is 0 Å². The first-order valence-corrected chi connectivity index (χ1v) is 14.2. The average molecular weight is 551 g/mol. The molecule has 0 radical (unpaired) electrons. The minimum Gasteiger partial charge on any atom is -0.454 e. The van der Waals surface area contributed by atoms with E-state index in [1.54, 1.807) is 6.20 Å². The maximum absolute atomic E-state index is 6.12. The molecular weight excluding hydrogens is 528 g/mol. The van der Waals surface area contributed by atoms with Crippen LogP contribution in [0.4, 0.5) is 0 Å². The first-order valence-electron chi connectivity index (χ1n) is 14.2. The van der Waals surface area contributed by atoms with E-state index in [0.29, 0.717) is 17.5 Å². The molecule has 3 aromatic heterocycles. The molecule has 0 unspecified atom stereocenters. The van der Waals surface area contributed by atoms with Gasteiger partial charge >= 0.3 is 0 Å². The van der Waals surface area contributed by atoms with Crippen LogP contribution in [-0.4, -0.2) is 19.9 Å². The molecule has 9 rings (SSSR count). The Bertz CT molecular complexity index is 2520. The minimum atomic E-state index is 0.577. The molecule has 0 spiro atoms. The van der Waals surface area contributed by atoms with Gasteiger partial charge < -0.3 is 4.42 Å². The van der Waals surface area contributed by atoms with E-state index in [1.165, 1.54) is 26.9 Å². The monoisotopic (exact) mass is 550 g/mol. The number of rotatable bonds is 3. The third-order valence-electron chi connectivity index (χ3n) is 8.16. The first-order chi connectivity index (χ1) is 21.3. The quantitative estimate of drug-likeness (QED) is 0.205. The van der Waals surface area contributed by atoms with Gasteiger partial charge in [0.25, 0.3) is 0 Å². The summed E-state index contributed by atoms with van der Waals surface area (Å²) in [6.45, 7) is 0. The summed E-state index contributed by atoms with van der Waals surface area (Å²) < 4.78 is 6.12. The van der Waals surface area contributed by atoms with E-state index in [1.807, 2.05) is 60.7 Å². The van der Waals surface area contributed by atoms with Crippen LogP contribution in [0.3, 0.4) is 0 Å². The standard InChI is InChI=1S/C38H22N4O/c1-2-9-24(10-3-1)36-40-37(42-38(41-36)31-12-6-13-32-34(31)35-33(43-32)14-7-21-39-35)26-17-18-28-25(22-26)16-20-29-27-11-5-4-8-23(27)15-19-30(28)29/h1-22H. The van der Waals surface area contributed by atoms with E-state index in [4.69, 9.17) is 19.4 Å². The molecule has 0 aliphatic rings. The Balaban J connectivity index is 1.27. The Labute approximate surface area is 246 Å². The van der Waals surface area contributed by atoms with E-state index in [9.17, 15) is 0 Å². The van der Waals surface area contributed by atoms with E-state index >= 15 is 0 Å². The number of furan rings is 1. The lowest BCUT2D eigenvalue weighted by molar-refractivity contribution is 0.668. The van der Waals surface area contributed by atoms with Gasteiger partial charge in [0.15, 0.2) is 23.1 Å². The van der Waals surface area contributed by atoms with E-state index in [-0.39, 0.29) is 0 Å².